The molecule has 2 aromatic carbocycles. The molecule has 14 heteroatoms. The Labute approximate surface area is 264 Å². The van der Waals surface area contributed by atoms with Gasteiger partial charge in [-0.2, -0.15) is 0 Å². The van der Waals surface area contributed by atoms with Gasteiger partial charge in [0, 0.05) is 40.4 Å². The Kier molecular flexibility index (Phi) is 11.9. The number of rotatable bonds is 13. The highest BCUT2D eigenvalue weighted by molar-refractivity contribution is 6.76. The van der Waals surface area contributed by atoms with Crippen LogP contribution in [0.15, 0.2) is 36.7 Å². The molecule has 2 amide bonds. The molecule has 0 saturated heterocycles. The van der Waals surface area contributed by atoms with E-state index in [2.05, 4.69) is 39.8 Å². The number of carbonyl (C=O) groups excluding carboxylic acids is 1. The van der Waals surface area contributed by atoms with Gasteiger partial charge in [-0.05, 0) is 37.8 Å². The van der Waals surface area contributed by atoms with Crippen LogP contribution >= 0.6 is 23.2 Å². The molecule has 0 aliphatic heterocycles. The summed E-state index contributed by atoms with van der Waals surface area (Å²) in [4.78, 5) is 27.5. The van der Waals surface area contributed by atoms with E-state index in [4.69, 9.17) is 43.1 Å². The molecule has 234 valence electrons. The third-order valence-electron chi connectivity index (χ3n) is 6.43. The summed E-state index contributed by atoms with van der Waals surface area (Å²) in [5.74, 6) is 1.36. The number of hydrogen-bond acceptors (Lipinski definition) is 9. The van der Waals surface area contributed by atoms with Crippen molar-refractivity contribution in [2.24, 2.45) is 0 Å². The number of amides is 2. The minimum atomic E-state index is -1.38. The maximum absolute atomic E-state index is 14.1. The average molecular weight is 651 g/mol. The number of nitrogens with one attached hydrogen (secondary N) is 1. The largest absolute Gasteiger partial charge is 0.495 e. The lowest BCUT2D eigenvalue weighted by atomic mass is 10.1. The molecule has 3 aromatic rings. The van der Waals surface area contributed by atoms with Crippen molar-refractivity contribution in [3.8, 4) is 11.5 Å². The van der Waals surface area contributed by atoms with Gasteiger partial charge in [0.25, 0.3) is 0 Å². The van der Waals surface area contributed by atoms with Gasteiger partial charge >= 0.3 is 6.03 Å². The Morgan fingerprint density at radius 2 is 1.65 bits per heavy atom. The molecular formula is C29H41Cl2N7O4Si. The summed E-state index contributed by atoms with van der Waals surface area (Å²) in [6.45, 7) is 7.87. The Balaban J connectivity index is 1.93. The number of carbonyl (C=O) groups is 1. The van der Waals surface area contributed by atoms with E-state index in [1.807, 2.05) is 32.3 Å². The molecule has 0 fully saturated rings. The minimum absolute atomic E-state index is 0.116. The van der Waals surface area contributed by atoms with Crippen LogP contribution in [0.2, 0.25) is 35.7 Å². The molecule has 3 rings (SSSR count). The smallest absolute Gasteiger partial charge is 0.331 e. The third-order valence-corrected chi connectivity index (χ3v) is 8.86. The summed E-state index contributed by atoms with van der Waals surface area (Å²) in [6, 6.07) is 9.42. The number of nitrogen functional groups attached to an aromatic ring is 1. The zero-order chi connectivity index (χ0) is 31.9. The van der Waals surface area contributed by atoms with Crippen LogP contribution < -0.4 is 30.3 Å². The first kappa shape index (κ1) is 34.2. The number of methoxy groups -OCH3 is 2. The second-order valence-electron chi connectivity index (χ2n) is 11.4. The second kappa shape index (κ2) is 14.9. The van der Waals surface area contributed by atoms with E-state index in [-0.39, 0.29) is 22.5 Å². The maximum atomic E-state index is 14.1. The molecule has 0 bridgehead atoms. The van der Waals surface area contributed by atoms with Crippen LogP contribution in [0.4, 0.5) is 33.5 Å². The molecule has 0 saturated carbocycles. The van der Waals surface area contributed by atoms with Gasteiger partial charge < -0.3 is 30.2 Å². The first-order chi connectivity index (χ1) is 20.2. The van der Waals surface area contributed by atoms with E-state index in [0.29, 0.717) is 41.1 Å². The van der Waals surface area contributed by atoms with Crippen molar-refractivity contribution >= 4 is 66.0 Å². The molecule has 0 spiro atoms. The van der Waals surface area contributed by atoms with E-state index >= 15 is 0 Å². The number of nitrogens with two attached hydrogens (primary N) is 1. The molecule has 0 atom stereocenters. The van der Waals surface area contributed by atoms with Gasteiger partial charge in [-0.1, -0.05) is 48.9 Å². The Morgan fingerprint density at radius 3 is 2.21 bits per heavy atom. The SMILES string of the molecule is COc1cc(OC)c(Cl)c(N(COCC[Si](C)(C)C)C(=O)N(C)c2cc(Nc3ccc(CN(C)C)cc3N)ncn2)c1Cl. The minimum Gasteiger partial charge on any atom is -0.495 e. The van der Waals surface area contributed by atoms with Crippen molar-refractivity contribution in [1.82, 2.24) is 14.9 Å². The molecule has 0 radical (unpaired) electrons. The first-order valence-electron chi connectivity index (χ1n) is 13.6. The molecule has 0 aliphatic carbocycles. The lowest BCUT2D eigenvalue weighted by Crippen LogP contribution is -2.43. The average Bonchev–Trinajstić information content (AvgIpc) is 2.94. The van der Waals surface area contributed by atoms with Crippen LogP contribution in [0, 0.1) is 0 Å². The topological polar surface area (TPSA) is 118 Å². The molecule has 11 nitrogen and oxygen atoms in total. The molecule has 43 heavy (non-hydrogen) atoms. The Hall–Kier alpha value is -3.29. The molecule has 0 aliphatic rings. The molecule has 1 heterocycles. The standard InChI is InChI=1S/C29H41Cl2N7O4Si/c1-36(2)16-19-9-10-21(20(32)13-19)35-24-15-25(34-17-33-24)37(3)29(39)38(18-42-11-12-43(6,7)8)28-26(30)22(40-4)14-23(41-5)27(28)31/h9-10,13-15,17H,11-12,16,18,32H2,1-8H3,(H,33,34,35). The van der Waals surface area contributed by atoms with Crippen LogP contribution in [0.3, 0.4) is 0 Å². The number of urea groups is 1. The molecular weight excluding hydrogens is 609 g/mol. The van der Waals surface area contributed by atoms with Gasteiger partial charge in [-0.3, -0.25) is 9.80 Å². The van der Waals surface area contributed by atoms with Crippen molar-refractivity contribution in [1.29, 1.82) is 0 Å². The fourth-order valence-electron chi connectivity index (χ4n) is 4.06. The number of ether oxygens (including phenoxy) is 3. The van der Waals surface area contributed by atoms with Crippen LogP contribution in [0.1, 0.15) is 5.56 Å². The monoisotopic (exact) mass is 649 g/mol. The molecule has 0 unspecified atom stereocenters. The highest BCUT2D eigenvalue weighted by atomic mass is 35.5. The maximum Gasteiger partial charge on any atom is 0.331 e. The summed E-state index contributed by atoms with van der Waals surface area (Å²) >= 11 is 13.4. The van der Waals surface area contributed by atoms with Gasteiger partial charge in [0.2, 0.25) is 0 Å². The predicted octanol–water partition coefficient (Wildman–Crippen LogP) is 6.56. The number of nitrogens with zero attached hydrogens (tertiary/aromatic N) is 5. The molecule has 1 aromatic heterocycles. The third kappa shape index (κ3) is 9.10. The summed E-state index contributed by atoms with van der Waals surface area (Å²) in [7, 11) is 7.14. The summed E-state index contributed by atoms with van der Waals surface area (Å²) in [5.41, 5.74) is 8.84. The van der Waals surface area contributed by atoms with E-state index in [0.717, 1.165) is 18.2 Å². The first-order valence-corrected chi connectivity index (χ1v) is 18.1. The van der Waals surface area contributed by atoms with E-state index in [9.17, 15) is 4.79 Å². The zero-order valence-corrected chi connectivity index (χ0v) is 28.5. The number of aromatic nitrogens is 2. The normalized spacial score (nSPS) is 11.4. The van der Waals surface area contributed by atoms with Crippen LogP contribution in [0.5, 0.6) is 11.5 Å². The van der Waals surface area contributed by atoms with Gasteiger partial charge in [-0.25, -0.2) is 14.8 Å². The van der Waals surface area contributed by atoms with Crippen LogP contribution in [-0.4, -0.2) is 77.7 Å². The van der Waals surface area contributed by atoms with Crippen molar-refractivity contribution in [3.63, 3.8) is 0 Å². The predicted molar refractivity (Wildman–Crippen MR) is 178 cm³/mol. The van der Waals surface area contributed by atoms with Crippen molar-refractivity contribution < 1.29 is 19.0 Å². The Bertz CT molecular complexity index is 1390. The van der Waals surface area contributed by atoms with E-state index < -0.39 is 14.1 Å². The van der Waals surface area contributed by atoms with Crippen LogP contribution in [0.25, 0.3) is 0 Å². The second-order valence-corrected chi connectivity index (χ2v) is 17.8. The van der Waals surface area contributed by atoms with Crippen molar-refractivity contribution in [2.75, 3.05) is 69.6 Å². The zero-order valence-electron chi connectivity index (χ0n) is 26.0. The summed E-state index contributed by atoms with van der Waals surface area (Å²) in [5, 5.41) is 3.50. The fourth-order valence-corrected chi connectivity index (χ4v) is 5.53. The lowest BCUT2D eigenvalue weighted by Gasteiger charge is -2.30. The highest BCUT2D eigenvalue weighted by Gasteiger charge is 2.30. The number of benzene rings is 2. The van der Waals surface area contributed by atoms with E-state index in [1.54, 1.807) is 19.2 Å². The van der Waals surface area contributed by atoms with Crippen molar-refractivity contribution in [2.45, 2.75) is 32.2 Å². The summed E-state index contributed by atoms with van der Waals surface area (Å²) < 4.78 is 16.9. The van der Waals surface area contributed by atoms with Gasteiger partial charge in [0.15, 0.2) is 0 Å². The van der Waals surface area contributed by atoms with Crippen molar-refractivity contribution in [3.05, 3.63) is 52.3 Å². The molecule has 3 N–H and O–H groups in total. The quantitative estimate of drug-likeness (QED) is 0.0918. The number of hydrogen-bond donors (Lipinski definition) is 2. The van der Waals surface area contributed by atoms with Crippen LogP contribution in [-0.2, 0) is 11.3 Å². The van der Waals surface area contributed by atoms with E-state index in [1.165, 1.54) is 30.3 Å². The fraction of sp³-hybridized carbons (Fsp3) is 0.414. The van der Waals surface area contributed by atoms with Gasteiger partial charge in [0.05, 0.1) is 31.3 Å². The number of halogens is 2. The number of anilines is 5. The summed E-state index contributed by atoms with van der Waals surface area (Å²) in [6.07, 6.45) is 1.36. The Morgan fingerprint density at radius 1 is 1.00 bits per heavy atom. The lowest BCUT2D eigenvalue weighted by molar-refractivity contribution is 0.148. The van der Waals surface area contributed by atoms with Gasteiger partial charge in [0.1, 0.15) is 46.2 Å². The highest BCUT2D eigenvalue weighted by Crippen LogP contribution is 2.46. The van der Waals surface area contributed by atoms with Gasteiger partial charge in [-0.15, -0.1) is 0 Å².